The van der Waals surface area contributed by atoms with Gasteiger partial charge in [0.05, 0.1) is 5.75 Å². The van der Waals surface area contributed by atoms with Crippen LogP contribution in [-0.2, 0) is 9.84 Å². The zero-order valence-electron chi connectivity index (χ0n) is 12.4. The third-order valence-electron chi connectivity index (χ3n) is 3.24. The second-order valence-electron chi connectivity index (χ2n) is 5.23. The Balaban J connectivity index is 3.69. The van der Waals surface area contributed by atoms with Crippen LogP contribution in [0.3, 0.4) is 0 Å². The fourth-order valence-electron chi connectivity index (χ4n) is 2.16. The Morgan fingerprint density at radius 1 is 0.944 bits per heavy atom. The molecule has 1 unspecified atom stereocenters. The second kappa shape index (κ2) is 10.8. The maximum atomic E-state index is 11.2. The molecule has 0 aliphatic heterocycles. The van der Waals surface area contributed by atoms with Gasteiger partial charge in [-0.25, -0.2) is 8.42 Å². The van der Waals surface area contributed by atoms with E-state index in [2.05, 4.69) is 19.2 Å². The second-order valence-corrected chi connectivity index (χ2v) is 7.49. The molecule has 0 aromatic carbocycles. The third-order valence-corrected chi connectivity index (χ3v) is 4.21. The molecule has 0 bridgehead atoms. The molecule has 1 atom stereocenters. The van der Waals surface area contributed by atoms with Gasteiger partial charge in [-0.15, -0.1) is 0 Å². The summed E-state index contributed by atoms with van der Waals surface area (Å²) in [5, 5.41) is 3.39. The highest BCUT2D eigenvalue weighted by Gasteiger charge is 2.10. The average Bonchev–Trinajstić information content (AvgIpc) is 2.29. The predicted molar refractivity (Wildman–Crippen MR) is 79.8 cm³/mol. The van der Waals surface area contributed by atoms with Crippen molar-refractivity contribution in [1.82, 2.24) is 5.32 Å². The van der Waals surface area contributed by atoms with E-state index in [4.69, 9.17) is 0 Å². The van der Waals surface area contributed by atoms with Crippen LogP contribution in [0.5, 0.6) is 0 Å². The average molecular weight is 277 g/mol. The highest BCUT2D eigenvalue weighted by Crippen LogP contribution is 2.11. The van der Waals surface area contributed by atoms with Crippen LogP contribution in [0.25, 0.3) is 0 Å². The van der Waals surface area contributed by atoms with Gasteiger partial charge < -0.3 is 5.32 Å². The van der Waals surface area contributed by atoms with Gasteiger partial charge in [-0.3, -0.25) is 0 Å². The molecule has 0 heterocycles. The molecule has 0 aliphatic rings. The summed E-state index contributed by atoms with van der Waals surface area (Å²) < 4.78 is 22.3. The lowest BCUT2D eigenvalue weighted by Crippen LogP contribution is -2.30. The van der Waals surface area contributed by atoms with E-state index in [1.54, 1.807) is 0 Å². The van der Waals surface area contributed by atoms with Gasteiger partial charge in [-0.05, 0) is 19.4 Å². The summed E-state index contributed by atoms with van der Waals surface area (Å²) in [6.45, 7) is 5.23. The molecule has 18 heavy (non-hydrogen) atoms. The van der Waals surface area contributed by atoms with Crippen molar-refractivity contribution in [2.45, 2.75) is 71.3 Å². The summed E-state index contributed by atoms with van der Waals surface area (Å²) in [6, 6.07) is 0.371. The lowest BCUT2D eigenvalue weighted by Gasteiger charge is -2.17. The van der Waals surface area contributed by atoms with Crippen molar-refractivity contribution >= 4 is 9.84 Å². The molecule has 0 fully saturated rings. The summed E-state index contributed by atoms with van der Waals surface area (Å²) in [4.78, 5) is 0. The molecule has 0 rings (SSSR count). The monoisotopic (exact) mass is 277 g/mol. The molecule has 0 saturated heterocycles. The van der Waals surface area contributed by atoms with Crippen molar-refractivity contribution in [3.05, 3.63) is 0 Å². The SMILES string of the molecule is CCCCCCCCC(CCS(C)(=O)=O)NCC. The normalized spacial score (nSPS) is 13.7. The molecule has 0 spiro atoms. The van der Waals surface area contributed by atoms with Gasteiger partial charge in [0, 0.05) is 12.3 Å². The lowest BCUT2D eigenvalue weighted by atomic mass is 10.0. The summed E-state index contributed by atoms with van der Waals surface area (Å²) in [5.74, 6) is 0.306. The number of sulfone groups is 1. The quantitative estimate of drug-likeness (QED) is 0.557. The van der Waals surface area contributed by atoms with Crippen LogP contribution >= 0.6 is 0 Å². The molecule has 0 radical (unpaired) electrons. The molecule has 0 aliphatic carbocycles. The highest BCUT2D eigenvalue weighted by atomic mass is 32.2. The van der Waals surface area contributed by atoms with E-state index in [0.29, 0.717) is 11.8 Å². The number of rotatable bonds is 12. The zero-order valence-corrected chi connectivity index (χ0v) is 13.2. The van der Waals surface area contributed by atoms with Crippen LogP contribution in [0.1, 0.15) is 65.2 Å². The molecule has 4 heteroatoms. The van der Waals surface area contributed by atoms with Crippen LogP contribution in [-0.4, -0.2) is 33.0 Å². The van der Waals surface area contributed by atoms with Crippen molar-refractivity contribution in [1.29, 1.82) is 0 Å². The van der Waals surface area contributed by atoms with Crippen LogP contribution in [0.4, 0.5) is 0 Å². The van der Waals surface area contributed by atoms with Crippen molar-refractivity contribution in [2.24, 2.45) is 0 Å². The van der Waals surface area contributed by atoms with Crippen LogP contribution in [0, 0.1) is 0 Å². The van der Waals surface area contributed by atoms with Crippen LogP contribution in [0.15, 0.2) is 0 Å². The first kappa shape index (κ1) is 17.9. The number of hydrogen-bond acceptors (Lipinski definition) is 3. The summed E-state index contributed by atoms with van der Waals surface area (Å²) >= 11 is 0. The molecule has 0 aromatic heterocycles. The summed E-state index contributed by atoms with van der Waals surface area (Å²) in [6.07, 6.45) is 11.0. The van der Waals surface area contributed by atoms with Gasteiger partial charge in [0.2, 0.25) is 0 Å². The Morgan fingerprint density at radius 3 is 2.11 bits per heavy atom. The topological polar surface area (TPSA) is 46.2 Å². The van der Waals surface area contributed by atoms with Crippen molar-refractivity contribution in [2.75, 3.05) is 18.6 Å². The van der Waals surface area contributed by atoms with E-state index in [0.717, 1.165) is 19.4 Å². The van der Waals surface area contributed by atoms with Gasteiger partial charge in [-0.1, -0.05) is 52.4 Å². The van der Waals surface area contributed by atoms with E-state index >= 15 is 0 Å². The molecule has 0 saturated carbocycles. The Kier molecular flexibility index (Phi) is 10.7. The molecule has 0 amide bonds. The minimum Gasteiger partial charge on any atom is -0.314 e. The third kappa shape index (κ3) is 12.4. The molecule has 110 valence electrons. The lowest BCUT2D eigenvalue weighted by molar-refractivity contribution is 0.451. The number of hydrogen-bond donors (Lipinski definition) is 1. The predicted octanol–water partition coefficient (Wildman–Crippen LogP) is 3.15. The molecule has 0 aromatic rings. The Morgan fingerprint density at radius 2 is 1.56 bits per heavy atom. The van der Waals surface area contributed by atoms with Crippen molar-refractivity contribution in [3.63, 3.8) is 0 Å². The van der Waals surface area contributed by atoms with E-state index in [9.17, 15) is 8.42 Å². The van der Waals surface area contributed by atoms with Gasteiger partial charge in [0.15, 0.2) is 0 Å². The molecule has 3 nitrogen and oxygen atoms in total. The Labute approximate surface area is 114 Å². The first-order chi connectivity index (χ1) is 8.49. The van der Waals surface area contributed by atoms with Crippen LogP contribution < -0.4 is 5.32 Å². The van der Waals surface area contributed by atoms with Gasteiger partial charge >= 0.3 is 0 Å². The van der Waals surface area contributed by atoms with E-state index in [1.807, 2.05) is 0 Å². The van der Waals surface area contributed by atoms with Crippen molar-refractivity contribution < 1.29 is 8.42 Å². The minimum absolute atomic E-state index is 0.306. The summed E-state index contributed by atoms with van der Waals surface area (Å²) in [7, 11) is -2.82. The minimum atomic E-state index is -2.82. The Bertz CT molecular complexity index is 276. The maximum Gasteiger partial charge on any atom is 0.147 e. The molecular formula is C14H31NO2S. The maximum absolute atomic E-state index is 11.2. The van der Waals surface area contributed by atoms with Gasteiger partial charge in [-0.2, -0.15) is 0 Å². The highest BCUT2D eigenvalue weighted by molar-refractivity contribution is 7.90. The summed E-state index contributed by atoms with van der Waals surface area (Å²) in [5.41, 5.74) is 0. The smallest absolute Gasteiger partial charge is 0.147 e. The van der Waals surface area contributed by atoms with Crippen molar-refractivity contribution in [3.8, 4) is 0 Å². The Hall–Kier alpha value is -0.0900. The molecule has 1 N–H and O–H groups in total. The van der Waals surface area contributed by atoms with E-state index < -0.39 is 9.84 Å². The van der Waals surface area contributed by atoms with E-state index in [1.165, 1.54) is 44.8 Å². The zero-order chi connectivity index (χ0) is 13.9. The van der Waals surface area contributed by atoms with Gasteiger partial charge in [0.1, 0.15) is 9.84 Å². The first-order valence-corrected chi connectivity index (χ1v) is 9.46. The van der Waals surface area contributed by atoms with Gasteiger partial charge in [0.25, 0.3) is 0 Å². The molecular weight excluding hydrogens is 246 g/mol. The largest absolute Gasteiger partial charge is 0.314 e. The fraction of sp³-hybridized carbons (Fsp3) is 1.00. The van der Waals surface area contributed by atoms with E-state index in [-0.39, 0.29) is 0 Å². The number of unbranched alkanes of at least 4 members (excludes halogenated alkanes) is 5. The fourth-order valence-corrected chi connectivity index (χ4v) is 2.88. The number of nitrogens with one attached hydrogen (secondary N) is 1. The standard InChI is InChI=1S/C14H31NO2S/c1-4-6-7-8-9-10-11-14(15-5-2)12-13-18(3,16)17/h14-15H,4-13H2,1-3H3. The van der Waals surface area contributed by atoms with Crippen LogP contribution in [0.2, 0.25) is 0 Å². The first-order valence-electron chi connectivity index (χ1n) is 7.40.